The molecule has 1 heterocycles. The Morgan fingerprint density at radius 3 is 2.56 bits per heavy atom. The Morgan fingerprint density at radius 1 is 1.56 bits per heavy atom. The number of aryl methyl sites for hydroxylation is 2. The number of hydrogen-bond acceptors (Lipinski definition) is 4. The number of nitrogens with zero attached hydrogens (tertiary/aromatic N) is 1. The summed E-state index contributed by atoms with van der Waals surface area (Å²) in [5, 5.41) is 13.0. The fraction of sp³-hybridized carbons (Fsp3) is 0.636. The van der Waals surface area contributed by atoms with E-state index in [9.17, 15) is 9.90 Å². The van der Waals surface area contributed by atoms with E-state index in [0.717, 1.165) is 10.7 Å². The summed E-state index contributed by atoms with van der Waals surface area (Å²) in [5.74, 6) is -0.151. The van der Waals surface area contributed by atoms with Gasteiger partial charge in [0.1, 0.15) is 4.88 Å². The first-order valence-corrected chi connectivity index (χ1v) is 6.11. The van der Waals surface area contributed by atoms with Crippen molar-refractivity contribution in [2.24, 2.45) is 0 Å². The second kappa shape index (κ2) is 4.93. The van der Waals surface area contributed by atoms with E-state index in [1.54, 1.807) is 0 Å². The summed E-state index contributed by atoms with van der Waals surface area (Å²) >= 11 is 1.38. The van der Waals surface area contributed by atoms with E-state index in [0.29, 0.717) is 11.3 Å². The Hall–Kier alpha value is -0.940. The van der Waals surface area contributed by atoms with Crippen LogP contribution in [0.4, 0.5) is 0 Å². The lowest BCUT2D eigenvalue weighted by atomic mass is 10.0. The van der Waals surface area contributed by atoms with Gasteiger partial charge in [0.05, 0.1) is 22.8 Å². The molecule has 16 heavy (non-hydrogen) atoms. The van der Waals surface area contributed by atoms with E-state index in [1.807, 2.05) is 27.7 Å². The standard InChI is InChI=1S/C11H18N2O2S/c1-5-11(4,6-14)13-10(15)9-7(2)12-8(3)16-9/h14H,5-6H2,1-4H3,(H,13,15). The quantitative estimate of drug-likeness (QED) is 0.844. The van der Waals surface area contributed by atoms with Crippen LogP contribution in [0.5, 0.6) is 0 Å². The van der Waals surface area contributed by atoms with Crippen molar-refractivity contribution in [3.8, 4) is 0 Å². The summed E-state index contributed by atoms with van der Waals surface area (Å²) in [5.41, 5.74) is 0.193. The molecular formula is C11H18N2O2S. The number of aromatic nitrogens is 1. The summed E-state index contributed by atoms with van der Waals surface area (Å²) in [6, 6.07) is 0. The summed E-state index contributed by atoms with van der Waals surface area (Å²) in [6.07, 6.45) is 0.687. The molecule has 1 aromatic rings. The second-order valence-electron chi connectivity index (χ2n) is 4.17. The molecule has 1 aromatic heterocycles. The topological polar surface area (TPSA) is 62.2 Å². The van der Waals surface area contributed by atoms with Crippen LogP contribution in [0.1, 0.15) is 40.6 Å². The van der Waals surface area contributed by atoms with Gasteiger partial charge in [-0.3, -0.25) is 4.79 Å². The fourth-order valence-electron chi connectivity index (χ4n) is 1.31. The zero-order valence-electron chi connectivity index (χ0n) is 10.1. The highest BCUT2D eigenvalue weighted by Gasteiger charge is 2.25. The van der Waals surface area contributed by atoms with E-state index >= 15 is 0 Å². The molecule has 0 aromatic carbocycles. The van der Waals surface area contributed by atoms with Crippen molar-refractivity contribution in [2.75, 3.05) is 6.61 Å². The summed E-state index contributed by atoms with van der Waals surface area (Å²) in [7, 11) is 0. The number of aliphatic hydroxyl groups is 1. The minimum atomic E-state index is -0.554. The van der Waals surface area contributed by atoms with Gasteiger partial charge in [-0.1, -0.05) is 6.92 Å². The Morgan fingerprint density at radius 2 is 2.19 bits per heavy atom. The SMILES string of the molecule is CCC(C)(CO)NC(=O)c1sc(C)nc1C. The van der Waals surface area contributed by atoms with E-state index in [2.05, 4.69) is 10.3 Å². The maximum Gasteiger partial charge on any atom is 0.263 e. The van der Waals surface area contributed by atoms with Crippen LogP contribution in [0.3, 0.4) is 0 Å². The molecule has 2 N–H and O–H groups in total. The number of carbonyl (C=O) groups is 1. The minimum Gasteiger partial charge on any atom is -0.394 e. The van der Waals surface area contributed by atoms with Crippen LogP contribution in [0.25, 0.3) is 0 Å². The molecule has 0 bridgehead atoms. The van der Waals surface area contributed by atoms with Gasteiger partial charge in [-0.05, 0) is 27.2 Å². The van der Waals surface area contributed by atoms with Crippen molar-refractivity contribution in [1.82, 2.24) is 10.3 Å². The van der Waals surface area contributed by atoms with Crippen molar-refractivity contribution in [3.05, 3.63) is 15.6 Å². The number of nitrogens with one attached hydrogen (secondary N) is 1. The monoisotopic (exact) mass is 242 g/mol. The Kier molecular flexibility index (Phi) is 4.04. The number of thiazole rings is 1. The highest BCUT2D eigenvalue weighted by molar-refractivity contribution is 7.13. The van der Waals surface area contributed by atoms with Crippen LogP contribution < -0.4 is 5.32 Å². The van der Waals surface area contributed by atoms with Crippen molar-refractivity contribution in [2.45, 2.75) is 39.7 Å². The van der Waals surface area contributed by atoms with Crippen molar-refractivity contribution in [3.63, 3.8) is 0 Å². The molecule has 1 unspecified atom stereocenters. The smallest absolute Gasteiger partial charge is 0.263 e. The van der Waals surface area contributed by atoms with Crippen LogP contribution in [0.15, 0.2) is 0 Å². The fourth-order valence-corrected chi connectivity index (χ4v) is 2.13. The number of rotatable bonds is 4. The zero-order chi connectivity index (χ0) is 12.3. The molecule has 4 nitrogen and oxygen atoms in total. The van der Waals surface area contributed by atoms with E-state index in [4.69, 9.17) is 0 Å². The molecule has 0 aliphatic carbocycles. The lowest BCUT2D eigenvalue weighted by Gasteiger charge is -2.26. The van der Waals surface area contributed by atoms with Crippen molar-refractivity contribution in [1.29, 1.82) is 0 Å². The molecule has 0 saturated carbocycles. The predicted molar refractivity (Wildman–Crippen MR) is 64.8 cm³/mol. The Bertz CT molecular complexity index is 383. The van der Waals surface area contributed by atoms with E-state index in [-0.39, 0.29) is 12.5 Å². The highest BCUT2D eigenvalue weighted by Crippen LogP contribution is 2.18. The maximum atomic E-state index is 12.0. The first-order chi connectivity index (χ1) is 7.41. The number of aliphatic hydroxyl groups excluding tert-OH is 1. The van der Waals surface area contributed by atoms with Gasteiger partial charge in [0, 0.05) is 0 Å². The number of carbonyl (C=O) groups excluding carboxylic acids is 1. The van der Waals surface area contributed by atoms with Gasteiger partial charge in [0.25, 0.3) is 5.91 Å². The van der Waals surface area contributed by atoms with Gasteiger partial charge in [0.2, 0.25) is 0 Å². The van der Waals surface area contributed by atoms with Gasteiger partial charge in [0.15, 0.2) is 0 Å². The van der Waals surface area contributed by atoms with Crippen molar-refractivity contribution >= 4 is 17.2 Å². The molecule has 90 valence electrons. The number of amides is 1. The Labute approximate surface area is 99.7 Å². The van der Waals surface area contributed by atoms with Crippen molar-refractivity contribution < 1.29 is 9.90 Å². The van der Waals surface area contributed by atoms with Crippen LogP contribution in [-0.2, 0) is 0 Å². The molecule has 1 rings (SSSR count). The zero-order valence-corrected chi connectivity index (χ0v) is 10.9. The molecule has 0 spiro atoms. The normalized spacial score (nSPS) is 14.6. The van der Waals surface area contributed by atoms with Gasteiger partial charge in [-0.2, -0.15) is 0 Å². The van der Waals surface area contributed by atoms with Gasteiger partial charge < -0.3 is 10.4 Å². The van der Waals surface area contributed by atoms with Gasteiger partial charge in [-0.25, -0.2) is 4.98 Å². The first-order valence-electron chi connectivity index (χ1n) is 5.29. The molecule has 0 radical (unpaired) electrons. The maximum absolute atomic E-state index is 12.0. The van der Waals surface area contributed by atoms with Gasteiger partial charge >= 0.3 is 0 Å². The average molecular weight is 242 g/mol. The summed E-state index contributed by atoms with van der Waals surface area (Å²) in [6.45, 7) is 7.39. The molecule has 0 saturated heterocycles. The third kappa shape index (κ3) is 2.80. The van der Waals surface area contributed by atoms with Crippen LogP contribution in [0.2, 0.25) is 0 Å². The lowest BCUT2D eigenvalue weighted by molar-refractivity contribution is 0.0851. The second-order valence-corrected chi connectivity index (χ2v) is 5.38. The summed E-state index contributed by atoms with van der Waals surface area (Å²) in [4.78, 5) is 16.8. The average Bonchev–Trinajstić information content (AvgIpc) is 2.57. The highest BCUT2D eigenvalue weighted by atomic mass is 32.1. The first kappa shape index (κ1) is 13.1. The molecular weight excluding hydrogens is 224 g/mol. The lowest BCUT2D eigenvalue weighted by Crippen LogP contribution is -2.48. The van der Waals surface area contributed by atoms with Gasteiger partial charge in [-0.15, -0.1) is 11.3 Å². The summed E-state index contributed by atoms with van der Waals surface area (Å²) < 4.78 is 0. The molecule has 0 aliphatic heterocycles. The molecule has 1 amide bonds. The van der Waals surface area contributed by atoms with Crippen LogP contribution in [-0.4, -0.2) is 28.1 Å². The molecule has 0 aliphatic rings. The van der Waals surface area contributed by atoms with E-state index in [1.165, 1.54) is 11.3 Å². The third-order valence-electron chi connectivity index (χ3n) is 2.65. The van der Waals surface area contributed by atoms with E-state index < -0.39 is 5.54 Å². The Balaban J connectivity index is 2.84. The minimum absolute atomic E-state index is 0.0634. The number of hydrogen-bond donors (Lipinski definition) is 2. The van der Waals surface area contributed by atoms with Crippen LogP contribution in [0, 0.1) is 13.8 Å². The predicted octanol–water partition coefficient (Wildman–Crippen LogP) is 1.65. The molecule has 0 fully saturated rings. The largest absolute Gasteiger partial charge is 0.394 e. The van der Waals surface area contributed by atoms with Crippen LogP contribution >= 0.6 is 11.3 Å². The molecule has 5 heteroatoms. The third-order valence-corrected chi connectivity index (χ3v) is 3.73. The molecule has 1 atom stereocenters.